The molecule has 1 N–H and O–H groups in total. The van der Waals surface area contributed by atoms with Gasteiger partial charge in [0.2, 0.25) is 0 Å². The van der Waals surface area contributed by atoms with Crippen molar-refractivity contribution in [2.45, 2.75) is 90.2 Å². The summed E-state index contributed by atoms with van der Waals surface area (Å²) in [6, 6.07) is 7.09. The van der Waals surface area contributed by atoms with E-state index in [0.29, 0.717) is 6.42 Å². The number of ether oxygens (including phenoxy) is 1. The summed E-state index contributed by atoms with van der Waals surface area (Å²) in [5.41, 5.74) is 2.84. The van der Waals surface area contributed by atoms with Gasteiger partial charge in [0.05, 0.1) is 0 Å². The molecule has 2 unspecified atom stereocenters. The molecule has 0 bridgehead atoms. The second-order valence-electron chi connectivity index (χ2n) is 8.39. The molecule has 1 aromatic carbocycles. The third-order valence-corrected chi connectivity index (χ3v) is 6.40. The number of hydrogen-bond acceptors (Lipinski definition) is 3. The molecule has 1 saturated heterocycles. The van der Waals surface area contributed by atoms with Gasteiger partial charge in [0.1, 0.15) is 5.75 Å². The summed E-state index contributed by atoms with van der Waals surface area (Å²) in [6.45, 7) is 7.33. The molecular formula is C24H38N2O2. The minimum atomic E-state index is -0.403. The molecule has 1 fully saturated rings. The number of piperidine rings is 1. The topological polar surface area (TPSA) is 41.6 Å². The number of fused-ring (bicyclic) bond motifs is 1. The zero-order valence-electron chi connectivity index (χ0n) is 17.8. The van der Waals surface area contributed by atoms with Crippen molar-refractivity contribution in [3.05, 3.63) is 29.3 Å². The van der Waals surface area contributed by atoms with Crippen LogP contribution in [0, 0.1) is 0 Å². The van der Waals surface area contributed by atoms with Gasteiger partial charge in [-0.3, -0.25) is 4.79 Å². The number of nitrogens with one attached hydrogen (secondary N) is 1. The van der Waals surface area contributed by atoms with Crippen molar-refractivity contribution >= 4 is 5.91 Å². The summed E-state index contributed by atoms with van der Waals surface area (Å²) < 4.78 is 6.05. The van der Waals surface area contributed by atoms with Crippen LogP contribution in [-0.4, -0.2) is 42.6 Å². The Morgan fingerprint density at radius 2 is 2.00 bits per heavy atom. The van der Waals surface area contributed by atoms with Crippen LogP contribution in [0.4, 0.5) is 0 Å². The highest BCUT2D eigenvalue weighted by atomic mass is 16.5. The van der Waals surface area contributed by atoms with E-state index >= 15 is 0 Å². The maximum atomic E-state index is 12.6. The molecular weight excluding hydrogens is 348 g/mol. The van der Waals surface area contributed by atoms with Crippen molar-refractivity contribution < 1.29 is 9.53 Å². The van der Waals surface area contributed by atoms with E-state index in [4.69, 9.17) is 4.74 Å². The lowest BCUT2D eigenvalue weighted by atomic mass is 9.92. The second-order valence-corrected chi connectivity index (χ2v) is 8.39. The first-order valence-electron chi connectivity index (χ1n) is 11.5. The lowest BCUT2D eigenvalue weighted by molar-refractivity contribution is -0.128. The molecule has 1 aliphatic carbocycles. The molecule has 156 valence electrons. The lowest BCUT2D eigenvalue weighted by Gasteiger charge is -2.35. The predicted octanol–water partition coefficient (Wildman–Crippen LogP) is 4.49. The summed E-state index contributed by atoms with van der Waals surface area (Å²) in [7, 11) is 0. The first-order valence-corrected chi connectivity index (χ1v) is 11.5. The van der Waals surface area contributed by atoms with Crippen molar-refractivity contribution in [1.29, 1.82) is 0 Å². The van der Waals surface area contributed by atoms with Gasteiger partial charge in [0.25, 0.3) is 5.91 Å². The number of aryl methyl sites for hydroxylation is 2. The molecule has 3 rings (SSSR count). The van der Waals surface area contributed by atoms with Crippen LogP contribution in [0.5, 0.6) is 5.75 Å². The Hall–Kier alpha value is -1.55. The Kier molecular flexibility index (Phi) is 8.20. The quantitative estimate of drug-likeness (QED) is 0.636. The van der Waals surface area contributed by atoms with E-state index in [2.05, 4.69) is 29.3 Å². The summed E-state index contributed by atoms with van der Waals surface area (Å²) in [5.74, 6) is 0.854. The van der Waals surface area contributed by atoms with Crippen LogP contribution >= 0.6 is 0 Å². The fourth-order valence-electron chi connectivity index (χ4n) is 4.69. The fraction of sp³-hybridized carbons (Fsp3) is 0.708. The monoisotopic (exact) mass is 386 g/mol. The molecule has 4 nitrogen and oxygen atoms in total. The number of carbonyl (C=O) groups is 1. The number of likely N-dealkylation sites (tertiary alicyclic amines) is 1. The van der Waals surface area contributed by atoms with Crippen molar-refractivity contribution in [2.75, 3.05) is 19.6 Å². The van der Waals surface area contributed by atoms with Crippen LogP contribution in [0.2, 0.25) is 0 Å². The van der Waals surface area contributed by atoms with Gasteiger partial charge in [-0.1, -0.05) is 26.3 Å². The SMILES string of the molecule is CCC(Oc1ccc2c(c1)CCCC2)C(=O)NCCCN1CCCCC1CC. The highest BCUT2D eigenvalue weighted by molar-refractivity contribution is 5.81. The predicted molar refractivity (Wildman–Crippen MR) is 115 cm³/mol. The number of nitrogens with zero attached hydrogens (tertiary/aromatic N) is 1. The van der Waals surface area contributed by atoms with E-state index in [1.807, 2.05) is 13.0 Å². The van der Waals surface area contributed by atoms with Gasteiger partial charge >= 0.3 is 0 Å². The first kappa shape index (κ1) is 21.2. The van der Waals surface area contributed by atoms with Gasteiger partial charge in [0.15, 0.2) is 6.10 Å². The molecule has 1 heterocycles. The smallest absolute Gasteiger partial charge is 0.261 e. The largest absolute Gasteiger partial charge is 0.481 e. The molecule has 2 aliphatic rings. The Balaban J connectivity index is 1.43. The van der Waals surface area contributed by atoms with Crippen molar-refractivity contribution in [3.63, 3.8) is 0 Å². The minimum absolute atomic E-state index is 0.0194. The van der Waals surface area contributed by atoms with Gasteiger partial charge in [-0.25, -0.2) is 0 Å². The third kappa shape index (κ3) is 5.73. The molecule has 0 radical (unpaired) electrons. The molecule has 2 atom stereocenters. The van der Waals surface area contributed by atoms with Crippen molar-refractivity contribution in [1.82, 2.24) is 10.2 Å². The maximum absolute atomic E-state index is 12.6. The fourth-order valence-corrected chi connectivity index (χ4v) is 4.69. The van der Waals surface area contributed by atoms with E-state index in [9.17, 15) is 4.79 Å². The molecule has 1 amide bonds. The van der Waals surface area contributed by atoms with Gasteiger partial charge in [-0.05, 0) is 87.6 Å². The second kappa shape index (κ2) is 10.8. The standard InChI is InChI=1S/C24H38N2O2/c1-3-21-12-7-8-16-26(21)17-9-15-25-24(27)23(4-2)28-22-14-13-19-10-5-6-11-20(19)18-22/h13-14,18,21,23H,3-12,15-17H2,1-2H3,(H,25,27). The van der Waals surface area contributed by atoms with E-state index in [-0.39, 0.29) is 5.91 Å². The molecule has 4 heteroatoms. The number of carbonyl (C=O) groups excluding carboxylic acids is 1. The van der Waals surface area contributed by atoms with Gasteiger partial charge in [-0.2, -0.15) is 0 Å². The number of hydrogen-bond donors (Lipinski definition) is 1. The Morgan fingerprint density at radius 1 is 1.18 bits per heavy atom. The first-order chi connectivity index (χ1) is 13.7. The average Bonchev–Trinajstić information content (AvgIpc) is 2.75. The summed E-state index contributed by atoms with van der Waals surface area (Å²) in [6.07, 6.45) is 11.4. The third-order valence-electron chi connectivity index (χ3n) is 6.40. The van der Waals surface area contributed by atoms with Crippen LogP contribution in [0.15, 0.2) is 18.2 Å². The van der Waals surface area contributed by atoms with Gasteiger partial charge in [-0.15, -0.1) is 0 Å². The number of benzene rings is 1. The number of rotatable bonds is 9. The number of amides is 1. The highest BCUT2D eigenvalue weighted by Crippen LogP contribution is 2.26. The Bertz CT molecular complexity index is 631. The molecule has 1 aromatic rings. The highest BCUT2D eigenvalue weighted by Gasteiger charge is 2.21. The van der Waals surface area contributed by atoms with E-state index in [0.717, 1.165) is 37.7 Å². The average molecular weight is 387 g/mol. The molecule has 0 aromatic heterocycles. The minimum Gasteiger partial charge on any atom is -0.481 e. The molecule has 0 saturated carbocycles. The maximum Gasteiger partial charge on any atom is 0.261 e. The Labute approximate surface area is 171 Å². The van der Waals surface area contributed by atoms with Gasteiger partial charge in [0, 0.05) is 19.1 Å². The summed E-state index contributed by atoms with van der Waals surface area (Å²) in [4.78, 5) is 15.2. The van der Waals surface area contributed by atoms with E-state index in [1.165, 1.54) is 62.6 Å². The lowest BCUT2D eigenvalue weighted by Crippen LogP contribution is -2.42. The normalized spacial score (nSPS) is 21.0. The zero-order chi connectivity index (χ0) is 19.8. The van der Waals surface area contributed by atoms with E-state index in [1.54, 1.807) is 0 Å². The summed E-state index contributed by atoms with van der Waals surface area (Å²) >= 11 is 0. The van der Waals surface area contributed by atoms with Crippen LogP contribution in [0.1, 0.15) is 76.3 Å². The van der Waals surface area contributed by atoms with Crippen LogP contribution in [-0.2, 0) is 17.6 Å². The van der Waals surface area contributed by atoms with Crippen LogP contribution in [0.25, 0.3) is 0 Å². The van der Waals surface area contributed by atoms with E-state index < -0.39 is 6.10 Å². The summed E-state index contributed by atoms with van der Waals surface area (Å²) in [5, 5.41) is 3.10. The zero-order valence-corrected chi connectivity index (χ0v) is 17.8. The molecule has 28 heavy (non-hydrogen) atoms. The van der Waals surface area contributed by atoms with Crippen LogP contribution < -0.4 is 10.1 Å². The Morgan fingerprint density at radius 3 is 2.79 bits per heavy atom. The molecule has 0 spiro atoms. The van der Waals surface area contributed by atoms with Crippen molar-refractivity contribution in [2.24, 2.45) is 0 Å². The molecule has 1 aliphatic heterocycles. The van der Waals surface area contributed by atoms with Crippen molar-refractivity contribution in [3.8, 4) is 5.75 Å². The van der Waals surface area contributed by atoms with Crippen LogP contribution in [0.3, 0.4) is 0 Å². The van der Waals surface area contributed by atoms with Gasteiger partial charge < -0.3 is 15.0 Å².